The van der Waals surface area contributed by atoms with Gasteiger partial charge in [-0.25, -0.2) is 0 Å². The van der Waals surface area contributed by atoms with Gasteiger partial charge in [0.2, 0.25) is 17.9 Å². The van der Waals surface area contributed by atoms with E-state index >= 15 is 0 Å². The number of anilines is 2. The molecule has 0 unspecified atom stereocenters. The van der Waals surface area contributed by atoms with E-state index in [0.29, 0.717) is 5.69 Å². The molecule has 0 aliphatic carbocycles. The molecule has 0 atom stereocenters. The molecule has 20 heavy (non-hydrogen) atoms. The van der Waals surface area contributed by atoms with E-state index in [1.54, 1.807) is 24.3 Å². The number of rotatable bonds is 4. The van der Waals surface area contributed by atoms with Crippen molar-refractivity contribution in [3.63, 3.8) is 0 Å². The first-order valence-corrected chi connectivity index (χ1v) is 5.57. The number of nitrogens with one attached hydrogen (secondary N) is 2. The first-order valence-electron chi connectivity index (χ1n) is 5.57. The topological polar surface area (TPSA) is 123 Å². The maximum absolute atomic E-state index is 11.2. The second-order valence-corrected chi connectivity index (χ2v) is 3.79. The van der Waals surface area contributed by atoms with Gasteiger partial charge in [-0.15, -0.1) is 15.3 Å². The third-order valence-electron chi connectivity index (χ3n) is 2.53. The fourth-order valence-corrected chi connectivity index (χ4v) is 1.69. The molecule has 0 spiro atoms. The molecule has 100 valence electrons. The van der Waals surface area contributed by atoms with Crippen molar-refractivity contribution in [1.82, 2.24) is 20.4 Å². The predicted octanol–water partition coefficient (Wildman–Crippen LogP) is 2.11. The summed E-state index contributed by atoms with van der Waals surface area (Å²) < 4.78 is 4.95. The molecule has 0 saturated carbocycles. The average Bonchev–Trinajstić information content (AvgIpc) is 3.08. The minimum absolute atomic E-state index is 0.00492. The van der Waals surface area contributed by atoms with Crippen molar-refractivity contribution < 1.29 is 9.34 Å². The Bertz CT molecular complexity index is 722. The van der Waals surface area contributed by atoms with Gasteiger partial charge in [-0.2, -0.15) is 0 Å². The molecule has 0 saturated heterocycles. The fourth-order valence-electron chi connectivity index (χ4n) is 1.69. The van der Waals surface area contributed by atoms with Gasteiger partial charge in [-0.05, 0) is 12.1 Å². The Hall–Kier alpha value is -3.23. The first-order chi connectivity index (χ1) is 9.75. The third-order valence-corrected chi connectivity index (χ3v) is 2.53. The number of aromatic amines is 1. The van der Waals surface area contributed by atoms with Gasteiger partial charge in [0, 0.05) is 5.69 Å². The van der Waals surface area contributed by atoms with Crippen molar-refractivity contribution in [3.8, 4) is 11.6 Å². The minimum atomic E-state index is -0.561. The number of H-pyrrole nitrogens is 1. The lowest BCUT2D eigenvalue weighted by atomic mass is 10.3. The number of nitrogens with zero attached hydrogens (tertiary/aromatic N) is 4. The average molecular weight is 272 g/mol. The Morgan fingerprint density at radius 3 is 2.75 bits per heavy atom. The van der Waals surface area contributed by atoms with Crippen LogP contribution in [0.4, 0.5) is 17.2 Å². The molecule has 3 aromatic rings. The van der Waals surface area contributed by atoms with Crippen molar-refractivity contribution in [2.24, 2.45) is 0 Å². The van der Waals surface area contributed by atoms with Crippen LogP contribution in [0.15, 0.2) is 41.1 Å². The van der Waals surface area contributed by atoms with E-state index in [1.165, 1.54) is 0 Å². The monoisotopic (exact) mass is 272 g/mol. The lowest BCUT2D eigenvalue weighted by molar-refractivity contribution is -0.383. The number of hydrogen-bond acceptors (Lipinski definition) is 7. The number of hydrogen-bond donors (Lipinski definition) is 2. The summed E-state index contributed by atoms with van der Waals surface area (Å²) in [6.45, 7) is 0. The number of benzene rings is 1. The molecule has 0 aliphatic heterocycles. The number of para-hydroxylation sites is 1. The van der Waals surface area contributed by atoms with Crippen LogP contribution in [0.1, 0.15) is 0 Å². The molecule has 0 amide bonds. The minimum Gasteiger partial charge on any atom is -0.422 e. The van der Waals surface area contributed by atoms with Crippen LogP contribution in [0.25, 0.3) is 11.6 Å². The van der Waals surface area contributed by atoms with E-state index in [-0.39, 0.29) is 23.1 Å². The predicted molar refractivity (Wildman–Crippen MR) is 68.3 cm³/mol. The Morgan fingerprint density at radius 2 is 2.10 bits per heavy atom. The highest BCUT2D eigenvalue weighted by Crippen LogP contribution is 2.34. The molecule has 1 aromatic carbocycles. The van der Waals surface area contributed by atoms with Gasteiger partial charge in [-0.1, -0.05) is 18.2 Å². The van der Waals surface area contributed by atoms with Crippen LogP contribution >= 0.6 is 0 Å². The van der Waals surface area contributed by atoms with Crippen molar-refractivity contribution in [2.75, 3.05) is 5.32 Å². The second-order valence-electron chi connectivity index (χ2n) is 3.79. The van der Waals surface area contributed by atoms with Gasteiger partial charge in [0.15, 0.2) is 0 Å². The highest BCUT2D eigenvalue weighted by molar-refractivity contribution is 5.76. The third kappa shape index (κ3) is 2.07. The molecule has 0 radical (unpaired) electrons. The summed E-state index contributed by atoms with van der Waals surface area (Å²) in [5.41, 5.74) is 0.489. The number of aromatic nitrogens is 4. The molecule has 0 fully saturated rings. The van der Waals surface area contributed by atoms with Gasteiger partial charge in [0.05, 0.1) is 4.92 Å². The quantitative estimate of drug-likeness (QED) is 0.550. The summed E-state index contributed by atoms with van der Waals surface area (Å²) in [6.07, 6.45) is 1.09. The van der Waals surface area contributed by atoms with E-state index in [9.17, 15) is 10.1 Å². The molecule has 9 nitrogen and oxygen atoms in total. The highest BCUT2D eigenvalue weighted by Gasteiger charge is 2.28. The van der Waals surface area contributed by atoms with Crippen LogP contribution in [-0.4, -0.2) is 25.3 Å². The Labute approximate surface area is 111 Å². The molecular formula is C11H8N6O3. The molecule has 2 aromatic heterocycles. The fraction of sp³-hybridized carbons (Fsp3) is 0. The standard InChI is InChI=1S/C11H8N6O3/c18-17(19)9-8(11-16-12-6-20-11)14-15-10(9)13-7-4-2-1-3-5-7/h1-6H,(H2,13,14,15). The van der Waals surface area contributed by atoms with Gasteiger partial charge in [-0.3, -0.25) is 15.2 Å². The second kappa shape index (κ2) is 4.80. The zero-order valence-electron chi connectivity index (χ0n) is 9.98. The summed E-state index contributed by atoms with van der Waals surface area (Å²) in [6, 6.07) is 8.99. The lowest BCUT2D eigenvalue weighted by Gasteiger charge is -2.01. The van der Waals surface area contributed by atoms with Gasteiger partial charge in [0.25, 0.3) is 5.89 Å². The van der Waals surface area contributed by atoms with Crippen LogP contribution < -0.4 is 5.32 Å². The maximum atomic E-state index is 11.2. The van der Waals surface area contributed by atoms with E-state index in [1.807, 2.05) is 6.07 Å². The summed E-state index contributed by atoms with van der Waals surface area (Å²) in [4.78, 5) is 10.6. The maximum Gasteiger partial charge on any atom is 0.343 e. The molecular weight excluding hydrogens is 264 g/mol. The zero-order valence-corrected chi connectivity index (χ0v) is 9.98. The molecule has 0 bridgehead atoms. The highest BCUT2D eigenvalue weighted by atomic mass is 16.6. The van der Waals surface area contributed by atoms with Crippen LogP contribution in [0.3, 0.4) is 0 Å². The molecule has 0 aliphatic rings. The van der Waals surface area contributed by atoms with Crippen LogP contribution in [0.5, 0.6) is 0 Å². The largest absolute Gasteiger partial charge is 0.422 e. The molecule has 9 heteroatoms. The summed E-state index contributed by atoms with van der Waals surface area (Å²) >= 11 is 0. The van der Waals surface area contributed by atoms with Crippen molar-refractivity contribution >= 4 is 17.2 Å². The summed E-state index contributed by atoms with van der Waals surface area (Å²) in [5, 5.41) is 27.6. The van der Waals surface area contributed by atoms with Gasteiger partial charge < -0.3 is 9.73 Å². The SMILES string of the molecule is O=[N+]([O-])c1c(Nc2ccccc2)n[nH]c1-c1nnco1. The van der Waals surface area contributed by atoms with Gasteiger partial charge >= 0.3 is 5.69 Å². The van der Waals surface area contributed by atoms with Gasteiger partial charge in [0.1, 0.15) is 0 Å². The van der Waals surface area contributed by atoms with Crippen LogP contribution in [0.2, 0.25) is 0 Å². The van der Waals surface area contributed by atoms with Crippen LogP contribution in [-0.2, 0) is 0 Å². The van der Waals surface area contributed by atoms with Crippen LogP contribution in [0, 0.1) is 10.1 Å². The lowest BCUT2D eigenvalue weighted by Crippen LogP contribution is -1.96. The van der Waals surface area contributed by atoms with Crippen molar-refractivity contribution in [3.05, 3.63) is 46.8 Å². The number of nitro groups is 1. The van der Waals surface area contributed by atoms with E-state index in [4.69, 9.17) is 4.42 Å². The first kappa shape index (κ1) is 11.8. The molecule has 2 heterocycles. The Balaban J connectivity index is 2.02. The summed E-state index contributed by atoms with van der Waals surface area (Å²) in [7, 11) is 0. The zero-order chi connectivity index (χ0) is 13.9. The van der Waals surface area contributed by atoms with Crippen molar-refractivity contribution in [2.45, 2.75) is 0 Å². The van der Waals surface area contributed by atoms with E-state index in [2.05, 4.69) is 25.7 Å². The summed E-state index contributed by atoms with van der Waals surface area (Å²) in [5.74, 6) is 0.0831. The smallest absolute Gasteiger partial charge is 0.343 e. The Morgan fingerprint density at radius 1 is 1.30 bits per heavy atom. The van der Waals surface area contributed by atoms with E-state index in [0.717, 1.165) is 6.39 Å². The molecule has 2 N–H and O–H groups in total. The Kier molecular flexibility index (Phi) is 2.84. The van der Waals surface area contributed by atoms with Crippen molar-refractivity contribution in [1.29, 1.82) is 0 Å². The van der Waals surface area contributed by atoms with E-state index < -0.39 is 4.92 Å². The molecule has 3 rings (SSSR count). The normalized spacial score (nSPS) is 10.4.